The second-order valence-electron chi connectivity index (χ2n) is 3.57. The molecule has 98 valence electrons. The quantitative estimate of drug-likeness (QED) is 0.875. The molecule has 0 aliphatic rings. The van der Waals surface area contributed by atoms with Gasteiger partial charge in [0.15, 0.2) is 0 Å². The fourth-order valence-corrected chi connectivity index (χ4v) is 1.39. The van der Waals surface area contributed by atoms with Gasteiger partial charge >= 0.3 is 5.97 Å². The van der Waals surface area contributed by atoms with Gasteiger partial charge in [-0.3, -0.25) is 0 Å². The van der Waals surface area contributed by atoms with E-state index in [2.05, 4.69) is 15.0 Å². The van der Waals surface area contributed by atoms with Crippen LogP contribution in [0.25, 0.3) is 0 Å². The zero-order chi connectivity index (χ0) is 13.7. The normalized spacial score (nSPS) is 10.2. The first-order valence-corrected chi connectivity index (χ1v) is 5.44. The fraction of sp³-hybridized carbons (Fsp3) is 0.167. The van der Waals surface area contributed by atoms with Crippen molar-refractivity contribution in [2.24, 2.45) is 0 Å². The number of carboxylic acids is 1. The van der Waals surface area contributed by atoms with Gasteiger partial charge in [-0.05, 0) is 12.1 Å². The number of halogens is 1. The average Bonchev–Trinajstić information content (AvgIpc) is 2.41. The van der Waals surface area contributed by atoms with E-state index < -0.39 is 11.8 Å². The van der Waals surface area contributed by atoms with E-state index in [4.69, 9.17) is 9.84 Å². The van der Waals surface area contributed by atoms with Crippen molar-refractivity contribution in [3.8, 4) is 5.88 Å². The predicted octanol–water partition coefficient (Wildman–Crippen LogP) is 1.33. The zero-order valence-corrected chi connectivity index (χ0v) is 9.78. The first-order chi connectivity index (χ1) is 9.16. The molecular weight excluding hydrogens is 253 g/mol. The Bertz CT molecular complexity index is 578. The van der Waals surface area contributed by atoms with Crippen LogP contribution in [0.15, 0.2) is 30.7 Å². The van der Waals surface area contributed by atoms with Gasteiger partial charge in [0.25, 0.3) is 0 Å². The number of hydrogen-bond donors (Lipinski definition) is 1. The number of pyridine rings is 1. The van der Waals surface area contributed by atoms with Crippen LogP contribution in [0.4, 0.5) is 4.39 Å². The van der Waals surface area contributed by atoms with Gasteiger partial charge in [-0.25, -0.2) is 24.1 Å². The highest BCUT2D eigenvalue weighted by atomic mass is 19.1. The Hall–Kier alpha value is -2.57. The minimum absolute atomic E-state index is 0.121. The smallest absolute Gasteiger partial charge is 0.341 e. The van der Waals surface area contributed by atoms with Gasteiger partial charge in [-0.2, -0.15) is 0 Å². The second kappa shape index (κ2) is 5.85. The highest BCUT2D eigenvalue weighted by molar-refractivity contribution is 5.90. The molecule has 0 saturated heterocycles. The third-order valence-corrected chi connectivity index (χ3v) is 2.23. The van der Waals surface area contributed by atoms with Crippen molar-refractivity contribution < 1.29 is 19.0 Å². The van der Waals surface area contributed by atoms with Crippen LogP contribution < -0.4 is 4.74 Å². The molecule has 0 spiro atoms. The van der Waals surface area contributed by atoms with Crippen molar-refractivity contribution in [2.75, 3.05) is 6.61 Å². The molecule has 0 saturated carbocycles. The summed E-state index contributed by atoms with van der Waals surface area (Å²) in [4.78, 5) is 22.5. The van der Waals surface area contributed by atoms with Gasteiger partial charge in [-0.15, -0.1) is 0 Å². The zero-order valence-electron chi connectivity index (χ0n) is 9.78. The van der Waals surface area contributed by atoms with Crippen molar-refractivity contribution in [2.45, 2.75) is 6.42 Å². The molecule has 0 amide bonds. The maximum Gasteiger partial charge on any atom is 0.341 e. The summed E-state index contributed by atoms with van der Waals surface area (Å²) in [5, 5.41) is 8.90. The molecule has 0 aromatic carbocycles. The van der Waals surface area contributed by atoms with Gasteiger partial charge in [0.05, 0.1) is 12.8 Å². The standard InChI is InChI=1S/C12H10FN3O3/c13-8-6-9(12(17)18)11(16-7-8)19-5-2-10-14-3-1-4-15-10/h1,3-4,6-7H,2,5H2,(H,17,18). The van der Waals surface area contributed by atoms with E-state index in [1.807, 2.05) is 0 Å². The van der Waals surface area contributed by atoms with Gasteiger partial charge in [-0.1, -0.05) is 0 Å². The summed E-state index contributed by atoms with van der Waals surface area (Å²) in [5.74, 6) is -1.57. The molecule has 0 bridgehead atoms. The molecule has 0 radical (unpaired) electrons. The molecule has 0 fully saturated rings. The van der Waals surface area contributed by atoms with Crippen LogP contribution in [0.1, 0.15) is 16.2 Å². The first-order valence-electron chi connectivity index (χ1n) is 5.44. The van der Waals surface area contributed by atoms with Crippen LogP contribution in [0.2, 0.25) is 0 Å². The third kappa shape index (κ3) is 3.44. The molecule has 0 unspecified atom stereocenters. The largest absolute Gasteiger partial charge is 0.477 e. The monoisotopic (exact) mass is 263 g/mol. The molecule has 19 heavy (non-hydrogen) atoms. The Labute approximate surface area is 107 Å². The Balaban J connectivity index is 2.02. The lowest BCUT2D eigenvalue weighted by atomic mass is 10.2. The van der Waals surface area contributed by atoms with Crippen LogP contribution >= 0.6 is 0 Å². The average molecular weight is 263 g/mol. The minimum Gasteiger partial charge on any atom is -0.477 e. The van der Waals surface area contributed by atoms with E-state index in [-0.39, 0.29) is 18.1 Å². The van der Waals surface area contributed by atoms with E-state index in [9.17, 15) is 9.18 Å². The number of carbonyl (C=O) groups is 1. The third-order valence-electron chi connectivity index (χ3n) is 2.23. The Morgan fingerprint density at radius 1 is 1.32 bits per heavy atom. The Morgan fingerprint density at radius 2 is 2.05 bits per heavy atom. The lowest BCUT2D eigenvalue weighted by molar-refractivity contribution is 0.0690. The topological polar surface area (TPSA) is 85.2 Å². The highest BCUT2D eigenvalue weighted by Gasteiger charge is 2.14. The summed E-state index contributed by atoms with van der Waals surface area (Å²) in [5.41, 5.74) is -0.311. The molecule has 0 aliphatic carbocycles. The van der Waals surface area contributed by atoms with E-state index in [0.717, 1.165) is 12.3 Å². The second-order valence-corrected chi connectivity index (χ2v) is 3.57. The molecule has 6 nitrogen and oxygen atoms in total. The van der Waals surface area contributed by atoms with Gasteiger partial charge < -0.3 is 9.84 Å². The van der Waals surface area contributed by atoms with Crippen molar-refractivity contribution in [3.05, 3.63) is 47.9 Å². The van der Waals surface area contributed by atoms with E-state index in [1.54, 1.807) is 18.5 Å². The minimum atomic E-state index is -1.29. The highest BCUT2D eigenvalue weighted by Crippen LogP contribution is 2.16. The number of rotatable bonds is 5. The van der Waals surface area contributed by atoms with Crippen LogP contribution in [0.3, 0.4) is 0 Å². The fourth-order valence-electron chi connectivity index (χ4n) is 1.39. The van der Waals surface area contributed by atoms with Crippen molar-refractivity contribution in [3.63, 3.8) is 0 Å². The Kier molecular flexibility index (Phi) is 3.97. The SMILES string of the molecule is O=C(O)c1cc(F)cnc1OCCc1ncccn1. The number of hydrogen-bond acceptors (Lipinski definition) is 5. The number of aromatic carboxylic acids is 1. The van der Waals surface area contributed by atoms with Gasteiger partial charge in [0.2, 0.25) is 5.88 Å². The maximum absolute atomic E-state index is 12.9. The van der Waals surface area contributed by atoms with E-state index in [0.29, 0.717) is 12.2 Å². The van der Waals surface area contributed by atoms with Crippen molar-refractivity contribution >= 4 is 5.97 Å². The molecule has 1 N–H and O–H groups in total. The lowest BCUT2D eigenvalue weighted by Gasteiger charge is -2.07. The summed E-state index contributed by atoms with van der Waals surface area (Å²) in [7, 11) is 0. The molecule has 2 heterocycles. The number of ether oxygens (including phenoxy) is 1. The summed E-state index contributed by atoms with van der Waals surface area (Å²) in [6.07, 6.45) is 4.50. The van der Waals surface area contributed by atoms with Crippen LogP contribution in [0.5, 0.6) is 5.88 Å². The summed E-state index contributed by atoms with van der Waals surface area (Å²) in [6, 6.07) is 2.55. The molecule has 0 atom stereocenters. The van der Waals surface area contributed by atoms with Crippen LogP contribution in [-0.4, -0.2) is 32.6 Å². The molecular formula is C12H10FN3O3. The maximum atomic E-state index is 12.9. The number of carboxylic acid groups (broad SMARTS) is 1. The molecule has 7 heteroatoms. The van der Waals surface area contributed by atoms with Crippen LogP contribution in [0, 0.1) is 5.82 Å². The van der Waals surface area contributed by atoms with Crippen LogP contribution in [-0.2, 0) is 6.42 Å². The van der Waals surface area contributed by atoms with E-state index >= 15 is 0 Å². The predicted molar refractivity (Wildman–Crippen MR) is 62.4 cm³/mol. The molecule has 2 aromatic rings. The number of nitrogens with zero attached hydrogens (tertiary/aromatic N) is 3. The summed E-state index contributed by atoms with van der Waals surface area (Å²) >= 11 is 0. The summed E-state index contributed by atoms with van der Waals surface area (Å²) in [6.45, 7) is 0.156. The Morgan fingerprint density at radius 3 is 2.74 bits per heavy atom. The molecule has 0 aliphatic heterocycles. The lowest BCUT2D eigenvalue weighted by Crippen LogP contribution is -2.09. The van der Waals surface area contributed by atoms with Crippen molar-refractivity contribution in [1.29, 1.82) is 0 Å². The van der Waals surface area contributed by atoms with Crippen molar-refractivity contribution in [1.82, 2.24) is 15.0 Å². The molecule has 2 aromatic heterocycles. The number of aromatic nitrogens is 3. The van der Waals surface area contributed by atoms with Gasteiger partial charge in [0.1, 0.15) is 17.2 Å². The summed E-state index contributed by atoms with van der Waals surface area (Å²) < 4.78 is 18.1. The van der Waals surface area contributed by atoms with E-state index in [1.165, 1.54) is 0 Å². The first kappa shape index (κ1) is 12.9. The van der Waals surface area contributed by atoms with Gasteiger partial charge in [0, 0.05) is 18.8 Å². The molecule has 2 rings (SSSR count).